The molecule has 1 N–H and O–H groups in total. The summed E-state index contributed by atoms with van der Waals surface area (Å²) in [5, 5.41) is 3.28. The molecular weight excluding hydrogens is 178 g/mol. The first-order chi connectivity index (χ1) is 6.86. The molecule has 0 aliphatic carbocycles. The van der Waals surface area contributed by atoms with Gasteiger partial charge in [-0.15, -0.1) is 0 Å². The summed E-state index contributed by atoms with van der Waals surface area (Å²) in [6, 6.07) is 4.10. The first-order valence-corrected chi connectivity index (χ1v) is 5.14. The Labute approximate surface area is 85.4 Å². The van der Waals surface area contributed by atoms with Crippen LogP contribution in [0.3, 0.4) is 0 Å². The fraction of sp³-hybridized carbons (Fsp3) is 0.636. The van der Waals surface area contributed by atoms with E-state index < -0.39 is 0 Å². The van der Waals surface area contributed by atoms with Gasteiger partial charge in [0.2, 0.25) is 0 Å². The lowest BCUT2D eigenvalue weighted by Gasteiger charge is -2.01. The van der Waals surface area contributed by atoms with Gasteiger partial charge in [0.25, 0.3) is 0 Å². The van der Waals surface area contributed by atoms with E-state index in [4.69, 9.17) is 9.15 Å². The Hall–Kier alpha value is -0.800. The molecule has 80 valence electrons. The molecule has 0 atom stereocenters. The summed E-state index contributed by atoms with van der Waals surface area (Å²) in [5.41, 5.74) is 0. The van der Waals surface area contributed by atoms with Crippen molar-refractivity contribution in [3.05, 3.63) is 23.7 Å². The van der Waals surface area contributed by atoms with Crippen LogP contribution < -0.4 is 5.32 Å². The van der Waals surface area contributed by atoms with E-state index in [1.54, 1.807) is 7.11 Å². The fourth-order valence-electron chi connectivity index (χ4n) is 1.26. The van der Waals surface area contributed by atoms with E-state index in [1.807, 2.05) is 6.07 Å². The molecule has 14 heavy (non-hydrogen) atoms. The van der Waals surface area contributed by atoms with Crippen molar-refractivity contribution in [3.8, 4) is 0 Å². The standard InChI is InChI=1S/C11H19NO2/c1-3-10-4-5-11(14-10)6-7-12-8-9-13-2/h4-5,12H,3,6-9H2,1-2H3. The zero-order chi connectivity index (χ0) is 10.2. The minimum absolute atomic E-state index is 0.762. The van der Waals surface area contributed by atoms with Crippen LogP contribution in [0.2, 0.25) is 0 Å². The molecule has 0 unspecified atom stereocenters. The van der Waals surface area contributed by atoms with E-state index >= 15 is 0 Å². The minimum atomic E-state index is 0.762. The molecular formula is C11H19NO2. The molecule has 0 aromatic carbocycles. The van der Waals surface area contributed by atoms with Crippen LogP contribution in [0.15, 0.2) is 16.5 Å². The number of methoxy groups -OCH3 is 1. The summed E-state index contributed by atoms with van der Waals surface area (Å²) in [4.78, 5) is 0. The summed E-state index contributed by atoms with van der Waals surface area (Å²) in [6.45, 7) is 4.70. The Bertz CT molecular complexity index is 245. The highest BCUT2D eigenvalue weighted by molar-refractivity contribution is 5.07. The molecule has 0 bridgehead atoms. The lowest BCUT2D eigenvalue weighted by Crippen LogP contribution is -2.21. The molecule has 1 heterocycles. The van der Waals surface area contributed by atoms with Gasteiger partial charge < -0.3 is 14.5 Å². The number of hydrogen-bond acceptors (Lipinski definition) is 3. The lowest BCUT2D eigenvalue weighted by atomic mass is 10.3. The van der Waals surface area contributed by atoms with Crippen molar-refractivity contribution in [2.24, 2.45) is 0 Å². The molecule has 0 saturated heterocycles. The lowest BCUT2D eigenvalue weighted by molar-refractivity contribution is 0.199. The maximum atomic E-state index is 5.57. The van der Waals surface area contributed by atoms with Crippen LogP contribution in [0.25, 0.3) is 0 Å². The zero-order valence-corrected chi connectivity index (χ0v) is 9.01. The molecule has 0 aliphatic rings. The Kier molecular flexibility index (Phi) is 5.33. The zero-order valence-electron chi connectivity index (χ0n) is 9.01. The first-order valence-electron chi connectivity index (χ1n) is 5.14. The number of ether oxygens (including phenoxy) is 1. The van der Waals surface area contributed by atoms with Crippen LogP contribution in [-0.2, 0) is 17.6 Å². The number of aryl methyl sites for hydroxylation is 1. The summed E-state index contributed by atoms with van der Waals surface area (Å²) in [5.74, 6) is 2.13. The summed E-state index contributed by atoms with van der Waals surface area (Å²) in [7, 11) is 1.71. The number of hydrogen-bond donors (Lipinski definition) is 1. The molecule has 0 fully saturated rings. The van der Waals surface area contributed by atoms with E-state index in [-0.39, 0.29) is 0 Å². The predicted molar refractivity (Wildman–Crippen MR) is 56.5 cm³/mol. The smallest absolute Gasteiger partial charge is 0.105 e. The van der Waals surface area contributed by atoms with Gasteiger partial charge in [-0.05, 0) is 12.1 Å². The second-order valence-corrected chi connectivity index (χ2v) is 3.21. The van der Waals surface area contributed by atoms with Gasteiger partial charge in [-0.25, -0.2) is 0 Å². The Morgan fingerprint density at radius 2 is 2.07 bits per heavy atom. The van der Waals surface area contributed by atoms with Gasteiger partial charge >= 0.3 is 0 Å². The number of furan rings is 1. The van der Waals surface area contributed by atoms with Gasteiger partial charge in [-0.3, -0.25) is 0 Å². The van der Waals surface area contributed by atoms with Gasteiger partial charge in [0.05, 0.1) is 6.61 Å². The van der Waals surface area contributed by atoms with Gasteiger partial charge in [-0.2, -0.15) is 0 Å². The average molecular weight is 197 g/mol. The second kappa shape index (κ2) is 6.62. The molecule has 3 nitrogen and oxygen atoms in total. The van der Waals surface area contributed by atoms with Crippen LogP contribution in [-0.4, -0.2) is 26.8 Å². The third-order valence-corrected chi connectivity index (χ3v) is 2.10. The SMILES string of the molecule is CCc1ccc(CCNCCOC)o1. The minimum Gasteiger partial charge on any atom is -0.466 e. The van der Waals surface area contributed by atoms with Crippen molar-refractivity contribution in [2.75, 3.05) is 26.8 Å². The molecule has 0 spiro atoms. The first kappa shape index (κ1) is 11.3. The van der Waals surface area contributed by atoms with Gasteiger partial charge in [0, 0.05) is 33.0 Å². The quantitative estimate of drug-likeness (QED) is 0.674. The predicted octanol–water partition coefficient (Wildman–Crippen LogP) is 1.62. The Morgan fingerprint density at radius 1 is 1.29 bits per heavy atom. The average Bonchev–Trinajstić information content (AvgIpc) is 2.65. The third-order valence-electron chi connectivity index (χ3n) is 2.10. The van der Waals surface area contributed by atoms with E-state index in [0.29, 0.717) is 0 Å². The van der Waals surface area contributed by atoms with Crippen molar-refractivity contribution in [1.29, 1.82) is 0 Å². The van der Waals surface area contributed by atoms with Gasteiger partial charge in [0.15, 0.2) is 0 Å². The van der Waals surface area contributed by atoms with E-state index in [1.165, 1.54) is 0 Å². The Balaban J connectivity index is 2.12. The van der Waals surface area contributed by atoms with Crippen LogP contribution >= 0.6 is 0 Å². The van der Waals surface area contributed by atoms with Crippen molar-refractivity contribution < 1.29 is 9.15 Å². The Morgan fingerprint density at radius 3 is 2.71 bits per heavy atom. The second-order valence-electron chi connectivity index (χ2n) is 3.21. The van der Waals surface area contributed by atoms with Crippen molar-refractivity contribution in [3.63, 3.8) is 0 Å². The molecule has 0 radical (unpaired) electrons. The molecule has 1 rings (SSSR count). The van der Waals surface area contributed by atoms with E-state index in [2.05, 4.69) is 18.3 Å². The highest BCUT2D eigenvalue weighted by Crippen LogP contribution is 2.08. The molecule has 0 amide bonds. The van der Waals surface area contributed by atoms with Crippen LogP contribution in [0.1, 0.15) is 18.4 Å². The highest BCUT2D eigenvalue weighted by Gasteiger charge is 1.99. The van der Waals surface area contributed by atoms with Crippen molar-refractivity contribution in [2.45, 2.75) is 19.8 Å². The normalized spacial score (nSPS) is 10.7. The highest BCUT2D eigenvalue weighted by atomic mass is 16.5. The van der Waals surface area contributed by atoms with E-state index in [9.17, 15) is 0 Å². The number of rotatable bonds is 7. The molecule has 1 aromatic heterocycles. The summed E-state index contributed by atoms with van der Waals surface area (Å²) in [6.07, 6.45) is 1.92. The van der Waals surface area contributed by atoms with Crippen LogP contribution in [0.5, 0.6) is 0 Å². The fourth-order valence-corrected chi connectivity index (χ4v) is 1.26. The topological polar surface area (TPSA) is 34.4 Å². The van der Waals surface area contributed by atoms with Crippen molar-refractivity contribution >= 4 is 0 Å². The van der Waals surface area contributed by atoms with Gasteiger partial charge in [-0.1, -0.05) is 6.92 Å². The van der Waals surface area contributed by atoms with Crippen molar-refractivity contribution in [1.82, 2.24) is 5.32 Å². The molecule has 1 aromatic rings. The van der Waals surface area contributed by atoms with E-state index in [0.717, 1.165) is 44.1 Å². The molecule has 0 saturated carbocycles. The van der Waals surface area contributed by atoms with Gasteiger partial charge in [0.1, 0.15) is 11.5 Å². The maximum Gasteiger partial charge on any atom is 0.105 e. The maximum absolute atomic E-state index is 5.57. The largest absolute Gasteiger partial charge is 0.466 e. The van der Waals surface area contributed by atoms with Crippen LogP contribution in [0, 0.1) is 0 Å². The third kappa shape index (κ3) is 3.94. The van der Waals surface area contributed by atoms with Crippen LogP contribution in [0.4, 0.5) is 0 Å². The molecule has 0 aliphatic heterocycles. The number of nitrogens with one attached hydrogen (secondary N) is 1. The monoisotopic (exact) mass is 197 g/mol. The molecule has 3 heteroatoms. The summed E-state index contributed by atoms with van der Waals surface area (Å²) < 4.78 is 10.5. The summed E-state index contributed by atoms with van der Waals surface area (Å²) >= 11 is 0.